The van der Waals surface area contributed by atoms with Gasteiger partial charge >= 0.3 is 0 Å². The van der Waals surface area contributed by atoms with Crippen LogP contribution in [0.4, 0.5) is 0 Å². The van der Waals surface area contributed by atoms with E-state index in [0.29, 0.717) is 25.3 Å². The smallest absolute Gasteiger partial charge is 0.253 e. The van der Waals surface area contributed by atoms with E-state index in [1.807, 2.05) is 6.92 Å². The van der Waals surface area contributed by atoms with E-state index >= 15 is 0 Å². The molecule has 14 heteroatoms. The van der Waals surface area contributed by atoms with Gasteiger partial charge in [-0.1, -0.05) is 13.3 Å². The highest BCUT2D eigenvalue weighted by Crippen LogP contribution is 2.24. The molecular formula is C23H37N5O9. The van der Waals surface area contributed by atoms with Gasteiger partial charge in [0.2, 0.25) is 5.91 Å². The lowest BCUT2D eigenvalue weighted by Crippen LogP contribution is -2.58. The number of carbonyl (C=O) groups is 3. The maximum atomic E-state index is 11.8. The van der Waals surface area contributed by atoms with Crippen molar-refractivity contribution in [2.75, 3.05) is 39.5 Å². The highest BCUT2D eigenvalue weighted by molar-refractivity contribution is 6.30. The lowest BCUT2D eigenvalue weighted by atomic mass is 9.96. The summed E-state index contributed by atoms with van der Waals surface area (Å²) in [6.07, 6.45) is -0.275. The minimum Gasteiger partial charge on any atom is -0.388 e. The molecule has 2 heterocycles. The van der Waals surface area contributed by atoms with Crippen LogP contribution < -0.4 is 11.2 Å². The lowest BCUT2D eigenvalue weighted by Gasteiger charge is -2.40. The van der Waals surface area contributed by atoms with Gasteiger partial charge in [-0.05, 0) is 6.42 Å². The monoisotopic (exact) mass is 527 g/mol. The van der Waals surface area contributed by atoms with Crippen molar-refractivity contribution in [3.63, 3.8) is 0 Å². The first-order chi connectivity index (χ1) is 17.8. The molecule has 0 radical (unpaired) electrons. The molecule has 0 aromatic rings. The van der Waals surface area contributed by atoms with Gasteiger partial charge < -0.3 is 40.7 Å². The summed E-state index contributed by atoms with van der Waals surface area (Å²) in [7, 11) is 0. The number of aliphatic hydroxyl groups is 3. The number of hydrogen-bond acceptors (Lipinski definition) is 12. The Kier molecular flexibility index (Phi) is 13.3. The Bertz CT molecular complexity index is 832. The van der Waals surface area contributed by atoms with Crippen LogP contribution in [0.2, 0.25) is 0 Å². The largest absolute Gasteiger partial charge is 0.388 e. The number of aliphatic imine (C=N–C) groups is 1. The van der Waals surface area contributed by atoms with Crippen LogP contribution >= 0.6 is 0 Å². The van der Waals surface area contributed by atoms with Gasteiger partial charge in [0.1, 0.15) is 18.3 Å². The third-order valence-corrected chi connectivity index (χ3v) is 5.68. The zero-order chi connectivity index (χ0) is 27.2. The van der Waals surface area contributed by atoms with E-state index in [1.54, 1.807) is 0 Å². The van der Waals surface area contributed by atoms with Crippen LogP contribution in [0.15, 0.2) is 22.2 Å². The number of nitrogens with two attached hydrogens (primary N) is 1. The number of hydrogen-bond donors (Lipinski definition) is 5. The molecule has 0 saturated carbocycles. The van der Waals surface area contributed by atoms with Crippen molar-refractivity contribution in [3.8, 4) is 0 Å². The molecule has 37 heavy (non-hydrogen) atoms. The summed E-state index contributed by atoms with van der Waals surface area (Å²) >= 11 is 0. The van der Waals surface area contributed by atoms with Crippen molar-refractivity contribution in [2.24, 2.45) is 15.9 Å². The molecule has 1 fully saturated rings. The number of aliphatic hydroxyl groups excluding tert-OH is 3. The number of rotatable bonds is 16. The highest BCUT2D eigenvalue weighted by Gasteiger charge is 2.43. The predicted molar refractivity (Wildman–Crippen MR) is 131 cm³/mol. The van der Waals surface area contributed by atoms with E-state index in [0.717, 1.165) is 11.3 Å². The minimum absolute atomic E-state index is 0.0159. The van der Waals surface area contributed by atoms with Gasteiger partial charge in [-0.2, -0.15) is 5.10 Å². The molecule has 0 aromatic heterocycles. The van der Waals surface area contributed by atoms with Crippen molar-refractivity contribution in [1.29, 1.82) is 0 Å². The van der Waals surface area contributed by atoms with Crippen LogP contribution in [-0.2, 0) is 28.6 Å². The number of nitrogens with one attached hydrogen (secondary N) is 1. The highest BCUT2D eigenvalue weighted by atomic mass is 16.7. The summed E-state index contributed by atoms with van der Waals surface area (Å²) in [5, 5.41) is 36.4. The molecule has 0 aliphatic carbocycles. The van der Waals surface area contributed by atoms with E-state index in [2.05, 4.69) is 15.4 Å². The van der Waals surface area contributed by atoms with Crippen molar-refractivity contribution in [2.45, 2.75) is 63.3 Å². The zero-order valence-corrected chi connectivity index (χ0v) is 20.9. The van der Waals surface area contributed by atoms with Gasteiger partial charge in [-0.3, -0.25) is 24.3 Å². The SMILES string of the molecule is CCC[C@H]1OC(OCCC(C=NCCOCCNC(=O)CCN2C(=O)C=CC2=O)=NN)[C@@H](O)[C@@H](O)[C@@H]1O. The molecule has 2 rings (SSSR count). The summed E-state index contributed by atoms with van der Waals surface area (Å²) in [5.41, 5.74) is 0.438. The van der Waals surface area contributed by atoms with E-state index in [4.69, 9.17) is 20.1 Å². The van der Waals surface area contributed by atoms with Gasteiger partial charge in [0.05, 0.1) is 38.2 Å². The Morgan fingerprint density at radius 2 is 1.86 bits per heavy atom. The van der Waals surface area contributed by atoms with Crippen LogP contribution in [0.25, 0.3) is 0 Å². The van der Waals surface area contributed by atoms with E-state index < -0.39 is 42.5 Å². The number of amides is 3. The molecule has 208 valence electrons. The molecule has 6 N–H and O–H groups in total. The van der Waals surface area contributed by atoms with Crippen molar-refractivity contribution >= 4 is 29.6 Å². The molecule has 1 unspecified atom stereocenters. The van der Waals surface area contributed by atoms with Crippen molar-refractivity contribution < 1.29 is 43.9 Å². The second-order valence-electron chi connectivity index (χ2n) is 8.45. The predicted octanol–water partition coefficient (Wildman–Crippen LogP) is -2.17. The first-order valence-electron chi connectivity index (χ1n) is 12.2. The molecule has 0 spiro atoms. The summed E-state index contributed by atoms with van der Waals surface area (Å²) in [5.74, 6) is 4.25. The van der Waals surface area contributed by atoms with Gasteiger partial charge in [-0.15, -0.1) is 0 Å². The fourth-order valence-corrected chi connectivity index (χ4v) is 3.62. The Morgan fingerprint density at radius 1 is 1.14 bits per heavy atom. The van der Waals surface area contributed by atoms with Crippen LogP contribution in [-0.4, -0.2) is 120 Å². The Morgan fingerprint density at radius 3 is 2.54 bits per heavy atom. The molecule has 0 aromatic carbocycles. The number of carbonyl (C=O) groups excluding carboxylic acids is 3. The average molecular weight is 528 g/mol. The normalized spacial score (nSPS) is 26.4. The van der Waals surface area contributed by atoms with Gasteiger partial charge in [0.15, 0.2) is 6.29 Å². The molecule has 2 aliphatic heterocycles. The van der Waals surface area contributed by atoms with Gasteiger partial charge in [0.25, 0.3) is 11.8 Å². The standard InChI is InChI=1S/C23H37N5O9/c1-2-3-16-20(32)21(33)22(34)23(37-16)36-11-7-15(27-24)14-25-8-12-35-13-9-26-17(29)6-10-28-18(30)4-5-19(28)31/h4-5,14,16,20-23,32-34H,2-3,6-13,24H2,1H3,(H,26,29)/t16-,20-,21+,22+,23?/m1/s1. The molecule has 3 amide bonds. The Labute approximate surface area is 215 Å². The van der Waals surface area contributed by atoms with Gasteiger partial charge in [0, 0.05) is 44.3 Å². The number of nitrogens with zero attached hydrogens (tertiary/aromatic N) is 3. The van der Waals surface area contributed by atoms with E-state index in [1.165, 1.54) is 18.4 Å². The van der Waals surface area contributed by atoms with Gasteiger partial charge in [-0.25, -0.2) is 0 Å². The molecule has 14 nitrogen and oxygen atoms in total. The molecule has 2 aliphatic rings. The molecule has 0 bridgehead atoms. The fraction of sp³-hybridized carbons (Fsp3) is 0.696. The maximum Gasteiger partial charge on any atom is 0.253 e. The lowest BCUT2D eigenvalue weighted by molar-refractivity contribution is -0.297. The minimum atomic E-state index is -1.38. The Balaban J connectivity index is 1.54. The third kappa shape index (κ3) is 9.91. The summed E-state index contributed by atoms with van der Waals surface area (Å²) in [4.78, 5) is 39.8. The first kappa shape index (κ1) is 30.5. The molecular weight excluding hydrogens is 490 g/mol. The van der Waals surface area contributed by atoms with E-state index in [9.17, 15) is 29.7 Å². The molecule has 5 atom stereocenters. The average Bonchev–Trinajstić information content (AvgIpc) is 3.21. The van der Waals surface area contributed by atoms with Crippen LogP contribution in [0.1, 0.15) is 32.6 Å². The topological polar surface area (TPSA) is 206 Å². The number of hydrazone groups is 1. The second-order valence-corrected chi connectivity index (χ2v) is 8.45. The zero-order valence-electron chi connectivity index (χ0n) is 20.9. The third-order valence-electron chi connectivity index (χ3n) is 5.68. The van der Waals surface area contributed by atoms with Crippen LogP contribution in [0.5, 0.6) is 0 Å². The Hall–Kier alpha value is -2.75. The molecule has 1 saturated heterocycles. The number of imide groups is 1. The second kappa shape index (κ2) is 16.2. The maximum absolute atomic E-state index is 11.8. The van der Waals surface area contributed by atoms with Crippen LogP contribution in [0, 0.1) is 0 Å². The first-order valence-corrected chi connectivity index (χ1v) is 12.2. The summed E-state index contributed by atoms with van der Waals surface area (Å²) < 4.78 is 16.5. The summed E-state index contributed by atoms with van der Waals surface area (Å²) in [6, 6.07) is 0. The summed E-state index contributed by atoms with van der Waals surface area (Å²) in [6.45, 7) is 3.20. The van der Waals surface area contributed by atoms with Crippen LogP contribution in [0.3, 0.4) is 0 Å². The number of ether oxygens (including phenoxy) is 3. The van der Waals surface area contributed by atoms with Crippen molar-refractivity contribution in [1.82, 2.24) is 10.2 Å². The van der Waals surface area contributed by atoms with E-state index in [-0.39, 0.29) is 45.1 Å². The fourth-order valence-electron chi connectivity index (χ4n) is 3.62. The quantitative estimate of drug-likeness (QED) is 0.0483. The van der Waals surface area contributed by atoms with Crippen molar-refractivity contribution in [3.05, 3.63) is 12.2 Å².